The van der Waals surface area contributed by atoms with E-state index in [-0.39, 0.29) is 5.60 Å². The van der Waals surface area contributed by atoms with Gasteiger partial charge in [-0.15, -0.1) is 11.3 Å². The molecule has 0 bridgehead atoms. The Morgan fingerprint density at radius 3 is 2.47 bits per heavy atom. The van der Waals surface area contributed by atoms with Crippen molar-refractivity contribution in [3.63, 3.8) is 0 Å². The summed E-state index contributed by atoms with van der Waals surface area (Å²) in [6.07, 6.45) is 5.79. The third kappa shape index (κ3) is 3.03. The zero-order valence-electron chi connectivity index (χ0n) is 13.0. The number of hydrogen-bond acceptors (Lipinski definition) is 3. The van der Waals surface area contributed by atoms with Gasteiger partial charge in [0.05, 0.1) is 5.69 Å². The van der Waals surface area contributed by atoms with E-state index >= 15 is 0 Å². The molecule has 1 saturated carbocycles. The summed E-state index contributed by atoms with van der Waals surface area (Å²) in [6.45, 7) is 9.19. The molecule has 0 aliphatic heterocycles. The number of hydrogen-bond donors (Lipinski definition) is 0. The minimum atomic E-state index is -0.119. The molecular formula is C16H27NOS. The predicted octanol–water partition coefficient (Wildman–Crippen LogP) is 5.10. The largest absolute Gasteiger partial charge is 0.371 e. The number of thiazole rings is 1. The molecule has 0 N–H and O–H groups in total. The first-order valence-electron chi connectivity index (χ1n) is 7.43. The van der Waals surface area contributed by atoms with E-state index in [1.54, 1.807) is 11.3 Å². The van der Waals surface area contributed by atoms with Gasteiger partial charge in [0.25, 0.3) is 0 Å². The van der Waals surface area contributed by atoms with Crippen molar-refractivity contribution in [3.8, 4) is 0 Å². The first-order chi connectivity index (χ1) is 8.92. The summed E-state index contributed by atoms with van der Waals surface area (Å²) in [4.78, 5) is 4.89. The summed E-state index contributed by atoms with van der Waals surface area (Å²) in [5, 5.41) is 3.42. The SMILES string of the molecule is CCC(C)c1csc(C2(OC)CCC(C)(C)CC2)n1. The molecule has 0 saturated heterocycles. The lowest BCUT2D eigenvalue weighted by atomic mass is 9.71. The van der Waals surface area contributed by atoms with Crippen LogP contribution in [0.25, 0.3) is 0 Å². The lowest BCUT2D eigenvalue weighted by Gasteiger charge is -2.41. The number of aromatic nitrogens is 1. The molecule has 1 atom stereocenters. The van der Waals surface area contributed by atoms with Gasteiger partial charge in [-0.3, -0.25) is 0 Å². The van der Waals surface area contributed by atoms with Crippen LogP contribution in [0.2, 0.25) is 0 Å². The molecule has 0 radical (unpaired) electrons. The second-order valence-corrected chi connectivity index (χ2v) is 7.61. The molecule has 3 heteroatoms. The molecule has 1 unspecified atom stereocenters. The van der Waals surface area contributed by atoms with Crippen molar-refractivity contribution in [2.24, 2.45) is 5.41 Å². The van der Waals surface area contributed by atoms with Gasteiger partial charge >= 0.3 is 0 Å². The fraction of sp³-hybridized carbons (Fsp3) is 0.812. The molecule has 2 nitrogen and oxygen atoms in total. The van der Waals surface area contributed by atoms with Crippen LogP contribution in [0, 0.1) is 5.41 Å². The highest BCUT2D eigenvalue weighted by atomic mass is 32.1. The van der Waals surface area contributed by atoms with E-state index in [9.17, 15) is 0 Å². The van der Waals surface area contributed by atoms with Gasteiger partial charge in [-0.25, -0.2) is 4.98 Å². The van der Waals surface area contributed by atoms with Crippen LogP contribution < -0.4 is 0 Å². The van der Waals surface area contributed by atoms with Gasteiger partial charge in [0.2, 0.25) is 0 Å². The van der Waals surface area contributed by atoms with Crippen molar-refractivity contribution in [3.05, 3.63) is 16.1 Å². The Kier molecular flexibility index (Phi) is 4.36. The Labute approximate surface area is 121 Å². The van der Waals surface area contributed by atoms with E-state index in [1.165, 1.54) is 23.5 Å². The topological polar surface area (TPSA) is 22.1 Å². The Bertz CT molecular complexity index is 414. The maximum Gasteiger partial charge on any atom is 0.125 e. The molecule has 19 heavy (non-hydrogen) atoms. The minimum absolute atomic E-state index is 0.119. The van der Waals surface area contributed by atoms with Crippen LogP contribution in [0.4, 0.5) is 0 Å². The van der Waals surface area contributed by atoms with Crippen LogP contribution in [0.5, 0.6) is 0 Å². The summed E-state index contributed by atoms with van der Waals surface area (Å²) in [6, 6.07) is 0. The normalized spacial score (nSPS) is 23.2. The standard InChI is InChI=1S/C16H27NOS/c1-6-12(2)13-11-19-14(17-13)16(18-5)9-7-15(3,4)8-10-16/h11-12H,6-10H2,1-5H3. The van der Waals surface area contributed by atoms with Gasteiger partial charge in [0.15, 0.2) is 0 Å². The molecule has 1 aromatic heterocycles. The molecule has 0 spiro atoms. The van der Waals surface area contributed by atoms with Crippen LogP contribution in [-0.2, 0) is 10.3 Å². The number of rotatable bonds is 4. The van der Waals surface area contributed by atoms with E-state index in [1.807, 2.05) is 7.11 Å². The van der Waals surface area contributed by atoms with Crippen molar-refractivity contribution in [2.75, 3.05) is 7.11 Å². The van der Waals surface area contributed by atoms with E-state index in [0.29, 0.717) is 11.3 Å². The average molecular weight is 281 g/mol. The molecule has 1 aliphatic rings. The highest BCUT2D eigenvalue weighted by Crippen LogP contribution is 2.48. The average Bonchev–Trinajstić information content (AvgIpc) is 2.89. The molecule has 0 amide bonds. The van der Waals surface area contributed by atoms with Gasteiger partial charge < -0.3 is 4.74 Å². The third-order valence-corrected chi connectivity index (χ3v) is 5.88. The number of ether oxygens (including phenoxy) is 1. The smallest absolute Gasteiger partial charge is 0.125 e. The fourth-order valence-corrected chi connectivity index (χ4v) is 3.94. The lowest BCUT2D eigenvalue weighted by Crippen LogP contribution is -2.36. The second kappa shape index (κ2) is 5.53. The highest BCUT2D eigenvalue weighted by molar-refractivity contribution is 7.09. The van der Waals surface area contributed by atoms with Crippen LogP contribution >= 0.6 is 11.3 Å². The lowest BCUT2D eigenvalue weighted by molar-refractivity contribution is -0.0668. The van der Waals surface area contributed by atoms with E-state index in [2.05, 4.69) is 33.1 Å². The quantitative estimate of drug-likeness (QED) is 0.766. The van der Waals surface area contributed by atoms with Gasteiger partial charge in [0, 0.05) is 12.5 Å². The summed E-state index contributed by atoms with van der Waals surface area (Å²) in [5.41, 5.74) is 1.58. The van der Waals surface area contributed by atoms with Gasteiger partial charge in [-0.2, -0.15) is 0 Å². The number of methoxy groups -OCH3 is 1. The van der Waals surface area contributed by atoms with E-state index in [4.69, 9.17) is 9.72 Å². The third-order valence-electron chi connectivity index (χ3n) is 4.83. The van der Waals surface area contributed by atoms with Gasteiger partial charge in [-0.1, -0.05) is 27.7 Å². The van der Waals surface area contributed by atoms with Gasteiger partial charge in [-0.05, 0) is 43.4 Å². The Balaban J connectivity index is 2.20. The molecule has 1 aromatic rings. The summed E-state index contributed by atoms with van der Waals surface area (Å²) in [5.74, 6) is 0.555. The Morgan fingerprint density at radius 1 is 1.32 bits per heavy atom. The molecule has 1 heterocycles. The predicted molar refractivity (Wildman–Crippen MR) is 81.8 cm³/mol. The highest BCUT2D eigenvalue weighted by Gasteiger charge is 2.42. The number of nitrogens with zero attached hydrogens (tertiary/aromatic N) is 1. The Hall–Kier alpha value is -0.410. The summed E-state index contributed by atoms with van der Waals surface area (Å²) < 4.78 is 5.93. The summed E-state index contributed by atoms with van der Waals surface area (Å²) in [7, 11) is 1.85. The zero-order chi connectivity index (χ0) is 14.1. The monoisotopic (exact) mass is 281 g/mol. The second-order valence-electron chi connectivity index (χ2n) is 6.75. The van der Waals surface area contributed by atoms with E-state index < -0.39 is 0 Å². The summed E-state index contributed by atoms with van der Waals surface area (Å²) >= 11 is 1.79. The van der Waals surface area contributed by atoms with Crippen LogP contribution in [0.3, 0.4) is 0 Å². The molecule has 1 aliphatic carbocycles. The zero-order valence-corrected chi connectivity index (χ0v) is 13.8. The van der Waals surface area contributed by atoms with Crippen LogP contribution in [0.1, 0.15) is 76.4 Å². The van der Waals surface area contributed by atoms with Crippen LogP contribution in [-0.4, -0.2) is 12.1 Å². The van der Waals surface area contributed by atoms with Crippen molar-refractivity contribution < 1.29 is 4.74 Å². The molecular weight excluding hydrogens is 254 g/mol. The first-order valence-corrected chi connectivity index (χ1v) is 8.31. The Morgan fingerprint density at radius 2 is 1.95 bits per heavy atom. The fourth-order valence-electron chi connectivity index (χ4n) is 2.77. The maximum atomic E-state index is 5.93. The molecule has 108 valence electrons. The molecule has 0 aromatic carbocycles. The molecule has 2 rings (SSSR count). The van der Waals surface area contributed by atoms with E-state index in [0.717, 1.165) is 19.3 Å². The van der Waals surface area contributed by atoms with Crippen molar-refractivity contribution in [2.45, 2.75) is 71.3 Å². The van der Waals surface area contributed by atoms with Gasteiger partial charge in [0.1, 0.15) is 10.6 Å². The molecule has 1 fully saturated rings. The van der Waals surface area contributed by atoms with Crippen molar-refractivity contribution >= 4 is 11.3 Å². The van der Waals surface area contributed by atoms with Crippen LogP contribution in [0.15, 0.2) is 5.38 Å². The van der Waals surface area contributed by atoms with Crippen molar-refractivity contribution in [1.82, 2.24) is 4.98 Å². The maximum absolute atomic E-state index is 5.93. The van der Waals surface area contributed by atoms with Crippen molar-refractivity contribution in [1.29, 1.82) is 0 Å². The first kappa shape index (κ1) is 15.0. The minimum Gasteiger partial charge on any atom is -0.371 e.